The topological polar surface area (TPSA) is 73.0 Å². The largest absolute Gasteiger partial charge is 0.351 e. The molecule has 0 radical (unpaired) electrons. The van der Waals surface area contributed by atoms with Gasteiger partial charge in [-0.15, -0.1) is 11.3 Å². The molecule has 3 heterocycles. The number of hydrogen-bond acceptors (Lipinski definition) is 6. The van der Waals surface area contributed by atoms with E-state index in [1.165, 1.54) is 21.2 Å². The molecule has 9 heteroatoms. The normalized spacial score (nSPS) is 18.6. The van der Waals surface area contributed by atoms with E-state index in [0.717, 1.165) is 44.7 Å². The molecule has 0 saturated carbocycles. The third-order valence-electron chi connectivity index (χ3n) is 6.08. The molecule has 0 bridgehead atoms. The summed E-state index contributed by atoms with van der Waals surface area (Å²) < 4.78 is 28.1. The molecule has 1 aromatic heterocycles. The maximum absolute atomic E-state index is 13.3. The van der Waals surface area contributed by atoms with Crippen molar-refractivity contribution in [3.05, 3.63) is 51.7 Å². The highest BCUT2D eigenvalue weighted by atomic mass is 32.2. The van der Waals surface area contributed by atoms with Crippen LogP contribution in [0.25, 0.3) is 0 Å². The van der Waals surface area contributed by atoms with Gasteiger partial charge in [0.2, 0.25) is 10.0 Å². The summed E-state index contributed by atoms with van der Waals surface area (Å²) in [4.78, 5) is 17.9. The summed E-state index contributed by atoms with van der Waals surface area (Å²) in [5.41, 5.74) is 2.22. The van der Waals surface area contributed by atoms with Gasteiger partial charge < -0.3 is 15.1 Å². The number of nitrogens with one attached hydrogen (secondary N) is 1. The summed E-state index contributed by atoms with van der Waals surface area (Å²) in [6, 6.07) is 9.48. The first-order valence-electron chi connectivity index (χ1n) is 10.8. The van der Waals surface area contributed by atoms with Crippen LogP contribution < -0.4 is 5.32 Å². The van der Waals surface area contributed by atoms with Crippen molar-refractivity contribution in [2.24, 2.45) is 0 Å². The van der Waals surface area contributed by atoms with E-state index >= 15 is 0 Å². The number of sulfonamides is 1. The molecule has 2 aliphatic heterocycles. The summed E-state index contributed by atoms with van der Waals surface area (Å²) in [6.45, 7) is 6.51. The number of hydrogen-bond donors (Lipinski definition) is 1. The number of piperazine rings is 1. The van der Waals surface area contributed by atoms with Crippen LogP contribution >= 0.6 is 11.3 Å². The Balaban J connectivity index is 1.35. The van der Waals surface area contributed by atoms with Crippen molar-refractivity contribution in [2.75, 3.05) is 52.9 Å². The van der Waals surface area contributed by atoms with Gasteiger partial charge in [-0.25, -0.2) is 8.42 Å². The van der Waals surface area contributed by atoms with Crippen LogP contribution in [-0.4, -0.2) is 81.3 Å². The quantitative estimate of drug-likeness (QED) is 0.636. The second-order valence-corrected chi connectivity index (χ2v) is 11.0. The molecule has 4 rings (SSSR count). The Morgan fingerprint density at radius 1 is 1.06 bits per heavy atom. The smallest absolute Gasteiger partial charge is 0.262 e. The lowest BCUT2D eigenvalue weighted by molar-refractivity contribution is 0.0950. The number of rotatable bonds is 7. The van der Waals surface area contributed by atoms with E-state index in [1.54, 1.807) is 11.4 Å². The SMILES string of the molecule is CN1CCN(CCCNC(=O)c2sccc2S(=O)(=O)N2CCc3ccccc3C2)CC1. The molecule has 0 atom stereocenters. The average Bonchev–Trinajstić information content (AvgIpc) is 3.28. The van der Waals surface area contributed by atoms with Crippen molar-refractivity contribution in [1.82, 2.24) is 19.4 Å². The van der Waals surface area contributed by atoms with E-state index in [4.69, 9.17) is 0 Å². The number of carbonyl (C=O) groups excluding carboxylic acids is 1. The highest BCUT2D eigenvalue weighted by molar-refractivity contribution is 7.89. The van der Waals surface area contributed by atoms with Crippen LogP contribution in [0.5, 0.6) is 0 Å². The van der Waals surface area contributed by atoms with Gasteiger partial charge in [0, 0.05) is 45.8 Å². The van der Waals surface area contributed by atoms with Crippen molar-refractivity contribution in [2.45, 2.75) is 24.3 Å². The number of thiophene rings is 1. The predicted molar refractivity (Wildman–Crippen MR) is 123 cm³/mol. The van der Waals surface area contributed by atoms with Gasteiger partial charge in [0.1, 0.15) is 9.77 Å². The lowest BCUT2D eigenvalue weighted by Crippen LogP contribution is -2.45. The summed E-state index contributed by atoms with van der Waals surface area (Å²) in [5.74, 6) is -0.302. The Hall–Kier alpha value is -1.78. The van der Waals surface area contributed by atoms with Gasteiger partial charge in [-0.1, -0.05) is 24.3 Å². The van der Waals surface area contributed by atoms with Gasteiger partial charge >= 0.3 is 0 Å². The molecule has 1 amide bonds. The first kappa shape index (κ1) is 22.4. The van der Waals surface area contributed by atoms with Gasteiger partial charge in [-0.2, -0.15) is 4.31 Å². The second kappa shape index (κ2) is 9.79. The molecule has 1 N–H and O–H groups in total. The van der Waals surface area contributed by atoms with Gasteiger partial charge in [0.25, 0.3) is 5.91 Å². The lowest BCUT2D eigenvalue weighted by atomic mass is 10.0. The van der Waals surface area contributed by atoms with E-state index in [9.17, 15) is 13.2 Å². The Bertz CT molecular complexity index is 1010. The summed E-state index contributed by atoms with van der Waals surface area (Å²) in [7, 11) is -1.59. The first-order chi connectivity index (χ1) is 14.9. The van der Waals surface area contributed by atoms with Crippen LogP contribution in [0.4, 0.5) is 0 Å². The Kier molecular flexibility index (Phi) is 7.08. The predicted octanol–water partition coefficient (Wildman–Crippen LogP) is 1.86. The molecule has 1 saturated heterocycles. The van der Waals surface area contributed by atoms with Crippen LogP contribution in [0.3, 0.4) is 0 Å². The van der Waals surface area contributed by atoms with Crippen LogP contribution in [0, 0.1) is 0 Å². The number of fused-ring (bicyclic) bond motifs is 1. The van der Waals surface area contributed by atoms with Crippen molar-refractivity contribution >= 4 is 27.3 Å². The first-order valence-corrected chi connectivity index (χ1v) is 13.1. The zero-order valence-electron chi connectivity index (χ0n) is 17.9. The fraction of sp³-hybridized carbons (Fsp3) is 0.500. The second-order valence-electron chi connectivity index (χ2n) is 8.23. The molecular formula is C22H30N4O3S2. The molecule has 0 unspecified atom stereocenters. The van der Waals surface area contributed by atoms with E-state index in [1.807, 2.05) is 24.3 Å². The molecule has 2 aromatic rings. The number of likely N-dealkylation sites (N-methyl/N-ethyl adjacent to an activating group) is 1. The highest BCUT2D eigenvalue weighted by Crippen LogP contribution is 2.29. The van der Waals surface area contributed by atoms with E-state index in [-0.39, 0.29) is 15.7 Å². The number of benzene rings is 1. The number of carbonyl (C=O) groups is 1. The standard InChI is InChI=1S/C22H30N4O3S2/c1-24-12-14-25(15-13-24)10-4-9-23-22(27)21-20(8-16-30-21)31(28,29)26-11-7-18-5-2-3-6-19(18)17-26/h2-3,5-6,8,16H,4,7,9-15,17H2,1H3,(H,23,27). The maximum atomic E-state index is 13.3. The summed E-state index contributed by atoms with van der Waals surface area (Å²) in [6.07, 6.45) is 1.54. The Labute approximate surface area is 188 Å². The third kappa shape index (κ3) is 5.18. The van der Waals surface area contributed by atoms with Crippen LogP contribution in [0.15, 0.2) is 40.6 Å². The minimum atomic E-state index is -3.72. The minimum Gasteiger partial charge on any atom is -0.351 e. The molecule has 168 valence electrons. The summed E-state index contributed by atoms with van der Waals surface area (Å²) >= 11 is 1.19. The molecule has 0 spiro atoms. The molecule has 1 fully saturated rings. The van der Waals surface area contributed by atoms with Gasteiger partial charge in [0.15, 0.2) is 0 Å². The molecule has 31 heavy (non-hydrogen) atoms. The lowest BCUT2D eigenvalue weighted by Gasteiger charge is -2.32. The van der Waals surface area contributed by atoms with Crippen molar-refractivity contribution in [3.8, 4) is 0 Å². The van der Waals surface area contributed by atoms with Gasteiger partial charge in [-0.05, 0) is 49.0 Å². The Morgan fingerprint density at radius 2 is 1.81 bits per heavy atom. The fourth-order valence-corrected chi connectivity index (χ4v) is 6.87. The van der Waals surface area contributed by atoms with E-state index in [0.29, 0.717) is 26.1 Å². The van der Waals surface area contributed by atoms with Crippen LogP contribution in [0.2, 0.25) is 0 Å². The Morgan fingerprint density at radius 3 is 2.58 bits per heavy atom. The number of amides is 1. The molecular weight excluding hydrogens is 432 g/mol. The van der Waals surface area contributed by atoms with Crippen LogP contribution in [0.1, 0.15) is 27.2 Å². The van der Waals surface area contributed by atoms with Crippen molar-refractivity contribution in [3.63, 3.8) is 0 Å². The monoisotopic (exact) mass is 462 g/mol. The zero-order valence-corrected chi connectivity index (χ0v) is 19.6. The van der Waals surface area contributed by atoms with Crippen molar-refractivity contribution in [1.29, 1.82) is 0 Å². The fourth-order valence-electron chi connectivity index (χ4n) is 4.14. The average molecular weight is 463 g/mol. The maximum Gasteiger partial charge on any atom is 0.262 e. The molecule has 0 aliphatic carbocycles. The molecule has 7 nitrogen and oxygen atoms in total. The number of nitrogens with zero attached hydrogens (tertiary/aromatic N) is 3. The highest BCUT2D eigenvalue weighted by Gasteiger charge is 2.32. The molecule has 1 aromatic carbocycles. The third-order valence-corrected chi connectivity index (χ3v) is 9.01. The summed E-state index contributed by atoms with van der Waals surface area (Å²) in [5, 5.41) is 4.60. The van der Waals surface area contributed by atoms with Crippen molar-refractivity contribution < 1.29 is 13.2 Å². The van der Waals surface area contributed by atoms with Gasteiger partial charge in [0.05, 0.1) is 0 Å². The minimum absolute atomic E-state index is 0.119. The zero-order chi connectivity index (χ0) is 21.8. The van der Waals surface area contributed by atoms with E-state index in [2.05, 4.69) is 22.2 Å². The van der Waals surface area contributed by atoms with Gasteiger partial charge in [-0.3, -0.25) is 4.79 Å². The van der Waals surface area contributed by atoms with Crippen LogP contribution in [-0.2, 0) is 23.0 Å². The van der Waals surface area contributed by atoms with E-state index < -0.39 is 10.0 Å². The molecule has 2 aliphatic rings.